The average Bonchev–Trinajstić information content (AvgIpc) is 2.99. The Morgan fingerprint density at radius 3 is 2.65 bits per heavy atom. The van der Waals surface area contributed by atoms with E-state index in [-0.39, 0.29) is 11.2 Å². The summed E-state index contributed by atoms with van der Waals surface area (Å²) >= 11 is 1.70. The molecule has 0 bridgehead atoms. The first-order valence-electron chi connectivity index (χ1n) is 6.95. The van der Waals surface area contributed by atoms with Crippen LogP contribution in [0.3, 0.4) is 0 Å². The second-order valence-electron chi connectivity index (χ2n) is 5.36. The van der Waals surface area contributed by atoms with Crippen molar-refractivity contribution in [3.8, 4) is 0 Å². The standard InChI is InChI=1S/C15H18N2O2S/c16-14(18)12-8-10-4-1-2-5-11(10)9-17(12)15(19)13-6-3-7-20-13/h1-2,4-5,12-13H,3,6-9H2,(H2,16,18)/t12-,13?/m0/s1. The summed E-state index contributed by atoms with van der Waals surface area (Å²) < 4.78 is 0. The van der Waals surface area contributed by atoms with Crippen LogP contribution in [0.15, 0.2) is 24.3 Å². The first kappa shape index (κ1) is 13.5. The van der Waals surface area contributed by atoms with Crippen molar-refractivity contribution in [2.24, 2.45) is 5.73 Å². The zero-order chi connectivity index (χ0) is 14.1. The Morgan fingerprint density at radius 2 is 2.00 bits per heavy atom. The number of amides is 2. The molecule has 0 aliphatic carbocycles. The number of thioether (sulfide) groups is 1. The van der Waals surface area contributed by atoms with Crippen LogP contribution in [0, 0.1) is 0 Å². The molecule has 3 rings (SSSR count). The van der Waals surface area contributed by atoms with Crippen molar-refractivity contribution in [2.75, 3.05) is 5.75 Å². The molecule has 1 saturated heterocycles. The van der Waals surface area contributed by atoms with Crippen molar-refractivity contribution < 1.29 is 9.59 Å². The second-order valence-corrected chi connectivity index (χ2v) is 6.67. The van der Waals surface area contributed by atoms with E-state index in [1.165, 1.54) is 0 Å². The number of carbonyl (C=O) groups excluding carboxylic acids is 2. The van der Waals surface area contributed by atoms with E-state index < -0.39 is 11.9 Å². The minimum atomic E-state index is -0.501. The third-order valence-corrected chi connectivity index (χ3v) is 5.43. The number of nitrogens with zero attached hydrogens (tertiary/aromatic N) is 1. The summed E-state index contributed by atoms with van der Waals surface area (Å²) in [4.78, 5) is 26.0. The van der Waals surface area contributed by atoms with Crippen LogP contribution in [0.25, 0.3) is 0 Å². The Balaban J connectivity index is 1.88. The van der Waals surface area contributed by atoms with Gasteiger partial charge in [-0.2, -0.15) is 0 Å². The van der Waals surface area contributed by atoms with Crippen LogP contribution in [0.5, 0.6) is 0 Å². The fourth-order valence-corrected chi connectivity index (χ4v) is 4.20. The Kier molecular flexibility index (Phi) is 3.70. The van der Waals surface area contributed by atoms with Crippen molar-refractivity contribution >= 4 is 23.6 Å². The molecule has 2 N–H and O–H groups in total. The third-order valence-electron chi connectivity index (χ3n) is 4.07. The largest absolute Gasteiger partial charge is 0.368 e. The van der Waals surface area contributed by atoms with Crippen LogP contribution in [-0.2, 0) is 22.6 Å². The van der Waals surface area contributed by atoms with E-state index in [0.29, 0.717) is 13.0 Å². The van der Waals surface area contributed by atoms with E-state index in [2.05, 4.69) is 0 Å². The highest BCUT2D eigenvalue weighted by Gasteiger charge is 2.37. The van der Waals surface area contributed by atoms with Gasteiger partial charge in [-0.3, -0.25) is 9.59 Å². The Hall–Kier alpha value is -1.49. The van der Waals surface area contributed by atoms with Crippen LogP contribution in [-0.4, -0.2) is 33.8 Å². The number of rotatable bonds is 2. The molecule has 0 aromatic heterocycles. The molecule has 2 amide bonds. The van der Waals surface area contributed by atoms with E-state index >= 15 is 0 Å². The van der Waals surface area contributed by atoms with Crippen molar-refractivity contribution in [1.29, 1.82) is 0 Å². The Morgan fingerprint density at radius 1 is 1.25 bits per heavy atom. The fraction of sp³-hybridized carbons (Fsp3) is 0.467. The number of fused-ring (bicyclic) bond motifs is 1. The van der Waals surface area contributed by atoms with Gasteiger partial charge in [0.15, 0.2) is 0 Å². The molecule has 0 radical (unpaired) electrons. The molecular weight excluding hydrogens is 272 g/mol. The van der Waals surface area contributed by atoms with Gasteiger partial charge in [-0.1, -0.05) is 24.3 Å². The van der Waals surface area contributed by atoms with Crippen LogP contribution in [0.4, 0.5) is 0 Å². The van der Waals surface area contributed by atoms with Gasteiger partial charge in [0, 0.05) is 13.0 Å². The Bertz CT molecular complexity index is 540. The lowest BCUT2D eigenvalue weighted by Crippen LogP contribution is -2.53. The molecule has 1 aromatic carbocycles. The first-order chi connectivity index (χ1) is 9.66. The number of hydrogen-bond donors (Lipinski definition) is 1. The number of nitrogens with two attached hydrogens (primary N) is 1. The fourth-order valence-electron chi connectivity index (χ4n) is 2.97. The molecule has 5 heteroatoms. The molecule has 106 valence electrons. The van der Waals surface area contributed by atoms with Crippen LogP contribution in [0.2, 0.25) is 0 Å². The minimum Gasteiger partial charge on any atom is -0.368 e. The summed E-state index contributed by atoms with van der Waals surface area (Å²) in [6.45, 7) is 0.500. The summed E-state index contributed by atoms with van der Waals surface area (Å²) in [6.07, 6.45) is 2.52. The van der Waals surface area contributed by atoms with E-state index in [1.807, 2.05) is 24.3 Å². The van der Waals surface area contributed by atoms with Gasteiger partial charge in [0.05, 0.1) is 5.25 Å². The van der Waals surface area contributed by atoms with E-state index in [9.17, 15) is 9.59 Å². The van der Waals surface area contributed by atoms with E-state index in [1.54, 1.807) is 16.7 Å². The lowest BCUT2D eigenvalue weighted by molar-refractivity contribution is -0.140. The van der Waals surface area contributed by atoms with Gasteiger partial charge in [-0.05, 0) is 29.7 Å². The zero-order valence-corrected chi connectivity index (χ0v) is 12.1. The molecule has 0 spiro atoms. The molecule has 2 aliphatic heterocycles. The molecule has 2 aliphatic rings. The Labute approximate surface area is 122 Å². The normalized spacial score (nSPS) is 25.3. The summed E-state index contributed by atoms with van der Waals surface area (Å²) in [5.41, 5.74) is 7.76. The maximum atomic E-state index is 12.6. The smallest absolute Gasteiger partial charge is 0.240 e. The number of carbonyl (C=O) groups is 2. The maximum Gasteiger partial charge on any atom is 0.240 e. The predicted molar refractivity (Wildman–Crippen MR) is 79.2 cm³/mol. The molecule has 2 atom stereocenters. The van der Waals surface area contributed by atoms with Gasteiger partial charge in [0.25, 0.3) is 0 Å². The monoisotopic (exact) mass is 290 g/mol. The SMILES string of the molecule is NC(=O)[C@@H]1Cc2ccccc2CN1C(=O)C1CCCS1. The van der Waals surface area contributed by atoms with Crippen molar-refractivity contribution in [2.45, 2.75) is 37.1 Å². The topological polar surface area (TPSA) is 63.4 Å². The van der Waals surface area contributed by atoms with Gasteiger partial charge >= 0.3 is 0 Å². The van der Waals surface area contributed by atoms with Gasteiger partial charge in [0.2, 0.25) is 11.8 Å². The molecule has 20 heavy (non-hydrogen) atoms. The molecule has 1 aromatic rings. The van der Waals surface area contributed by atoms with Gasteiger partial charge in [-0.25, -0.2) is 0 Å². The summed E-state index contributed by atoms with van der Waals surface area (Å²) in [7, 11) is 0. The summed E-state index contributed by atoms with van der Waals surface area (Å²) in [5, 5.41) is 0.00196. The molecule has 0 saturated carbocycles. The van der Waals surface area contributed by atoms with Crippen LogP contribution < -0.4 is 5.73 Å². The highest BCUT2D eigenvalue weighted by atomic mass is 32.2. The highest BCUT2D eigenvalue weighted by molar-refractivity contribution is 8.00. The van der Waals surface area contributed by atoms with Crippen LogP contribution >= 0.6 is 11.8 Å². The second kappa shape index (κ2) is 5.48. The molecule has 1 unspecified atom stereocenters. The number of primary amides is 1. The molecular formula is C15H18N2O2S. The molecule has 4 nitrogen and oxygen atoms in total. The van der Waals surface area contributed by atoms with Crippen molar-refractivity contribution in [3.05, 3.63) is 35.4 Å². The van der Waals surface area contributed by atoms with Gasteiger partial charge in [-0.15, -0.1) is 11.8 Å². The molecule has 1 fully saturated rings. The maximum absolute atomic E-state index is 12.6. The third kappa shape index (κ3) is 2.42. The first-order valence-corrected chi connectivity index (χ1v) is 8.00. The summed E-state index contributed by atoms with van der Waals surface area (Å²) in [6, 6.07) is 7.46. The predicted octanol–water partition coefficient (Wildman–Crippen LogP) is 1.32. The molecule has 2 heterocycles. The average molecular weight is 290 g/mol. The van der Waals surface area contributed by atoms with Crippen molar-refractivity contribution in [1.82, 2.24) is 4.90 Å². The number of benzene rings is 1. The van der Waals surface area contributed by atoms with E-state index in [0.717, 1.165) is 29.7 Å². The van der Waals surface area contributed by atoms with E-state index in [4.69, 9.17) is 5.73 Å². The summed E-state index contributed by atoms with van der Waals surface area (Å²) in [5.74, 6) is 0.698. The zero-order valence-electron chi connectivity index (χ0n) is 11.2. The van der Waals surface area contributed by atoms with Gasteiger partial charge < -0.3 is 10.6 Å². The number of hydrogen-bond acceptors (Lipinski definition) is 3. The van der Waals surface area contributed by atoms with Gasteiger partial charge in [0.1, 0.15) is 6.04 Å². The minimum absolute atomic E-state index is 0.00196. The lowest BCUT2D eigenvalue weighted by Gasteiger charge is -2.36. The highest BCUT2D eigenvalue weighted by Crippen LogP contribution is 2.31. The van der Waals surface area contributed by atoms with Crippen LogP contribution in [0.1, 0.15) is 24.0 Å². The van der Waals surface area contributed by atoms with Crippen molar-refractivity contribution in [3.63, 3.8) is 0 Å². The quantitative estimate of drug-likeness (QED) is 0.893. The lowest BCUT2D eigenvalue weighted by atomic mass is 9.93.